The molecule has 6 aliphatic rings. The third-order valence-electron chi connectivity index (χ3n) is 12.4. The standard InChI is InChI=1S/C39H52N6O5S/c1-23(2)43-20-25-18-42(5)19-26(21-43)45(25)39(47)29-14-10-13-28-34(29)32-17-30-33(50-6)16-15-27(24-11-8-7-9-12-24)37(30)44(32)22-31-35(28)36(31)38(46)40-51(48,49)41(3)4/h10,13,15-17,23-26,29,34H,7-9,11-12,14,18-22H2,1-6H3,(H,40,46)/t25?,26?,29-,34?/m1/s1. The first-order chi connectivity index (χ1) is 24.4. The van der Waals surface area contributed by atoms with Crippen LogP contribution in [0.1, 0.15) is 75.5 Å². The van der Waals surface area contributed by atoms with Crippen molar-refractivity contribution in [1.82, 2.24) is 28.3 Å². The number of likely N-dealkylation sites (N-methyl/N-ethyl adjacent to an activating group) is 1. The molecule has 1 N–H and O–H groups in total. The molecule has 3 aliphatic carbocycles. The summed E-state index contributed by atoms with van der Waals surface area (Å²) in [6, 6.07) is 7.17. The number of ether oxygens (including phenoxy) is 1. The lowest BCUT2D eigenvalue weighted by Crippen LogP contribution is -2.70. The zero-order chi connectivity index (χ0) is 35.9. The number of hydrogen-bond donors (Lipinski definition) is 1. The van der Waals surface area contributed by atoms with E-state index in [-0.39, 0.29) is 29.8 Å². The summed E-state index contributed by atoms with van der Waals surface area (Å²) >= 11 is 0. The lowest BCUT2D eigenvalue weighted by atomic mass is 9.75. The Labute approximate surface area is 302 Å². The van der Waals surface area contributed by atoms with Crippen molar-refractivity contribution in [3.8, 4) is 5.75 Å². The molecule has 2 aromatic rings. The number of fused-ring (bicyclic) bond motifs is 8. The highest BCUT2D eigenvalue weighted by Crippen LogP contribution is 2.55. The van der Waals surface area contributed by atoms with E-state index in [2.05, 4.69) is 75.2 Å². The number of piperazine rings is 2. The second kappa shape index (κ2) is 12.9. The summed E-state index contributed by atoms with van der Waals surface area (Å²) in [5, 5.41) is 1.03. The molecule has 4 heterocycles. The number of amides is 2. The molecule has 2 amide bonds. The number of rotatable bonds is 7. The third kappa shape index (κ3) is 5.77. The van der Waals surface area contributed by atoms with E-state index in [0.717, 1.165) is 82.4 Å². The van der Waals surface area contributed by atoms with E-state index in [4.69, 9.17) is 4.74 Å². The van der Waals surface area contributed by atoms with Gasteiger partial charge in [0.25, 0.3) is 5.91 Å². The van der Waals surface area contributed by atoms with Gasteiger partial charge in [0.05, 0.1) is 36.2 Å². The van der Waals surface area contributed by atoms with Gasteiger partial charge in [-0.1, -0.05) is 37.5 Å². The summed E-state index contributed by atoms with van der Waals surface area (Å²) in [5.74, 6) is 0.110. The monoisotopic (exact) mass is 716 g/mol. The highest BCUT2D eigenvalue weighted by molar-refractivity contribution is 7.87. The molecule has 2 saturated heterocycles. The van der Waals surface area contributed by atoms with Crippen LogP contribution in [0.3, 0.4) is 0 Å². The van der Waals surface area contributed by atoms with Crippen LogP contribution in [-0.2, 0) is 26.3 Å². The van der Waals surface area contributed by atoms with E-state index in [9.17, 15) is 13.2 Å². The molecular weight excluding hydrogens is 665 g/mol. The summed E-state index contributed by atoms with van der Waals surface area (Å²) in [6.45, 7) is 8.28. The zero-order valence-corrected chi connectivity index (χ0v) is 31.6. The predicted octanol–water partition coefficient (Wildman–Crippen LogP) is 4.14. The van der Waals surface area contributed by atoms with Crippen molar-refractivity contribution in [2.45, 2.75) is 88.9 Å². The second-order valence-electron chi connectivity index (χ2n) is 16.1. The van der Waals surface area contributed by atoms with E-state index in [1.165, 1.54) is 38.9 Å². The molecule has 1 aromatic heterocycles. The molecule has 4 atom stereocenters. The van der Waals surface area contributed by atoms with Crippen molar-refractivity contribution in [1.29, 1.82) is 0 Å². The normalized spacial score (nSPS) is 27.1. The van der Waals surface area contributed by atoms with Crippen LogP contribution in [0.15, 0.2) is 52.6 Å². The smallest absolute Gasteiger partial charge is 0.303 e. The molecule has 0 spiro atoms. The molecule has 0 radical (unpaired) electrons. The third-order valence-corrected chi connectivity index (χ3v) is 13.8. The van der Waals surface area contributed by atoms with Crippen LogP contribution >= 0.6 is 0 Å². The van der Waals surface area contributed by atoms with Crippen LogP contribution in [0, 0.1) is 5.92 Å². The number of hydrogen-bond acceptors (Lipinski definition) is 7. The van der Waals surface area contributed by atoms with Crippen LogP contribution in [0.4, 0.5) is 0 Å². The number of methoxy groups -OCH3 is 1. The summed E-state index contributed by atoms with van der Waals surface area (Å²) in [6.07, 6.45) is 10.7. The number of carbonyl (C=O) groups excluding carboxylic acids is 2. The molecule has 51 heavy (non-hydrogen) atoms. The topological polar surface area (TPSA) is 107 Å². The first-order valence-corrected chi connectivity index (χ1v) is 20.2. The Morgan fingerprint density at radius 2 is 1.73 bits per heavy atom. The molecule has 3 fully saturated rings. The van der Waals surface area contributed by atoms with Gasteiger partial charge in [-0.2, -0.15) is 12.7 Å². The molecule has 11 nitrogen and oxygen atoms in total. The number of benzene rings is 1. The largest absolute Gasteiger partial charge is 0.496 e. The molecule has 1 aromatic carbocycles. The van der Waals surface area contributed by atoms with Gasteiger partial charge in [0.2, 0.25) is 5.91 Å². The van der Waals surface area contributed by atoms with Crippen LogP contribution in [0.2, 0.25) is 0 Å². The second-order valence-corrected chi connectivity index (χ2v) is 17.9. The molecule has 3 unspecified atom stereocenters. The van der Waals surface area contributed by atoms with Crippen molar-refractivity contribution in [2.24, 2.45) is 5.92 Å². The van der Waals surface area contributed by atoms with Crippen molar-refractivity contribution in [3.63, 3.8) is 0 Å². The maximum Gasteiger partial charge on any atom is 0.303 e. The number of allylic oxidation sites excluding steroid dienone is 4. The van der Waals surface area contributed by atoms with Gasteiger partial charge in [-0.15, -0.1) is 0 Å². The Kier molecular flexibility index (Phi) is 8.75. The van der Waals surface area contributed by atoms with E-state index in [0.29, 0.717) is 30.5 Å². The average molecular weight is 717 g/mol. The van der Waals surface area contributed by atoms with Crippen molar-refractivity contribution >= 4 is 32.9 Å². The minimum atomic E-state index is -3.99. The van der Waals surface area contributed by atoms with Crippen molar-refractivity contribution in [2.75, 3.05) is 54.4 Å². The summed E-state index contributed by atoms with van der Waals surface area (Å²) in [5.41, 5.74) is 6.49. The fourth-order valence-electron chi connectivity index (χ4n) is 9.92. The molecule has 274 valence electrons. The van der Waals surface area contributed by atoms with E-state index in [1.54, 1.807) is 7.11 Å². The minimum Gasteiger partial charge on any atom is -0.496 e. The lowest BCUT2D eigenvalue weighted by molar-refractivity contribution is -0.151. The summed E-state index contributed by atoms with van der Waals surface area (Å²) in [7, 11) is 2.68. The van der Waals surface area contributed by atoms with Gasteiger partial charge in [-0.3, -0.25) is 14.5 Å². The van der Waals surface area contributed by atoms with Gasteiger partial charge in [0, 0.05) is 69.9 Å². The average Bonchev–Trinajstić information content (AvgIpc) is 3.73. The van der Waals surface area contributed by atoms with E-state index >= 15 is 4.79 Å². The molecular formula is C39H52N6O5S. The molecule has 8 rings (SSSR count). The number of nitrogens with zero attached hydrogens (tertiary/aromatic N) is 5. The van der Waals surface area contributed by atoms with E-state index in [1.807, 2.05) is 0 Å². The van der Waals surface area contributed by atoms with Crippen molar-refractivity contribution in [3.05, 3.63) is 63.9 Å². The quantitative estimate of drug-likeness (QED) is 0.460. The predicted molar refractivity (Wildman–Crippen MR) is 198 cm³/mol. The maximum atomic E-state index is 15.2. The van der Waals surface area contributed by atoms with Crippen LogP contribution in [-0.4, -0.2) is 116 Å². The SMILES string of the molecule is COc1ccc(C2CCCCC2)c2c1cc1n2CC2=C(C(=O)NS(=O)(=O)N(C)C)C2=C2C=CC[C@@H](C(=O)N3C4CN(C)CC3CN(C(C)C)C4)C21. The molecule has 12 heteroatoms. The zero-order valence-electron chi connectivity index (χ0n) is 30.8. The van der Waals surface area contributed by atoms with Gasteiger partial charge in [-0.05, 0) is 80.5 Å². The fraction of sp³-hybridized carbons (Fsp3) is 0.590. The maximum absolute atomic E-state index is 15.2. The fourth-order valence-corrected chi connectivity index (χ4v) is 10.4. The molecule has 1 saturated carbocycles. The first-order valence-electron chi connectivity index (χ1n) is 18.7. The Balaban J connectivity index is 1.28. The highest BCUT2D eigenvalue weighted by atomic mass is 32.2. The number of carbonyl (C=O) groups is 2. The van der Waals surface area contributed by atoms with Gasteiger partial charge in [0.15, 0.2) is 0 Å². The summed E-state index contributed by atoms with van der Waals surface area (Å²) < 4.78 is 37.3. The molecule has 2 bridgehead atoms. The lowest BCUT2D eigenvalue weighted by Gasteiger charge is -2.54. The Bertz CT molecular complexity index is 1970. The first kappa shape index (κ1) is 34.6. The molecule has 3 aliphatic heterocycles. The van der Waals surface area contributed by atoms with Crippen LogP contribution in [0.25, 0.3) is 10.9 Å². The van der Waals surface area contributed by atoms with Crippen molar-refractivity contribution < 1.29 is 22.7 Å². The Morgan fingerprint density at radius 3 is 2.37 bits per heavy atom. The van der Waals surface area contributed by atoms with Gasteiger partial charge in [-0.25, -0.2) is 4.72 Å². The van der Waals surface area contributed by atoms with Crippen LogP contribution in [0.5, 0.6) is 5.75 Å². The number of aromatic nitrogens is 1. The van der Waals surface area contributed by atoms with Crippen LogP contribution < -0.4 is 9.46 Å². The Hall–Kier alpha value is -3.45. The van der Waals surface area contributed by atoms with Gasteiger partial charge >= 0.3 is 10.2 Å². The minimum absolute atomic E-state index is 0.0984. The Morgan fingerprint density at radius 1 is 1.02 bits per heavy atom. The summed E-state index contributed by atoms with van der Waals surface area (Å²) in [4.78, 5) is 36.1. The van der Waals surface area contributed by atoms with E-state index < -0.39 is 16.1 Å². The van der Waals surface area contributed by atoms with Gasteiger partial charge < -0.3 is 19.1 Å². The van der Waals surface area contributed by atoms with Gasteiger partial charge in [0.1, 0.15) is 5.75 Å². The highest BCUT2D eigenvalue weighted by Gasteiger charge is 2.51. The number of nitrogens with one attached hydrogen (secondary N) is 1.